The third kappa shape index (κ3) is 5.46. The van der Waals surface area contributed by atoms with Crippen LogP contribution in [-0.4, -0.2) is 55.7 Å². The number of nitrogens with one attached hydrogen (secondary N) is 1. The molecule has 0 aliphatic carbocycles. The molecular weight excluding hydrogens is 260 g/mol. The Morgan fingerprint density at radius 3 is 2.33 bits per heavy atom. The fourth-order valence-electron chi connectivity index (χ4n) is 1.83. The van der Waals surface area contributed by atoms with Gasteiger partial charge in [-0.1, -0.05) is 0 Å². The van der Waals surface area contributed by atoms with Crippen molar-refractivity contribution in [3.05, 3.63) is 0 Å². The molecule has 1 saturated heterocycles. The largest absolute Gasteiger partial charge is 0.480 e. The van der Waals surface area contributed by atoms with Gasteiger partial charge in [-0.15, -0.1) is 0 Å². The van der Waals surface area contributed by atoms with Crippen molar-refractivity contribution < 1.29 is 23.1 Å². The summed E-state index contributed by atoms with van der Waals surface area (Å²) >= 11 is 0. The van der Waals surface area contributed by atoms with Gasteiger partial charge < -0.3 is 10.0 Å². The first-order chi connectivity index (χ1) is 8.41. The van der Waals surface area contributed by atoms with Crippen LogP contribution in [0.5, 0.6) is 0 Å². The highest BCUT2D eigenvalue weighted by atomic mass is 32.2. The van der Waals surface area contributed by atoms with Crippen LogP contribution in [0.25, 0.3) is 0 Å². The van der Waals surface area contributed by atoms with Crippen molar-refractivity contribution in [3.63, 3.8) is 0 Å². The Labute approximate surface area is 106 Å². The van der Waals surface area contributed by atoms with E-state index in [4.69, 9.17) is 5.11 Å². The van der Waals surface area contributed by atoms with Crippen LogP contribution in [0, 0.1) is 0 Å². The van der Waals surface area contributed by atoms with E-state index in [1.165, 1.54) is 0 Å². The molecule has 0 spiro atoms. The van der Waals surface area contributed by atoms with Gasteiger partial charge in [-0.2, -0.15) is 0 Å². The first kappa shape index (κ1) is 14.9. The average Bonchev–Trinajstić information content (AvgIpc) is 2.28. The third-order valence-corrected chi connectivity index (χ3v) is 3.95. The summed E-state index contributed by atoms with van der Waals surface area (Å²) in [5, 5.41) is 8.37. The van der Waals surface area contributed by atoms with E-state index >= 15 is 0 Å². The molecule has 0 unspecified atom stereocenters. The molecule has 1 rings (SSSR count). The zero-order valence-electron chi connectivity index (χ0n) is 10.1. The van der Waals surface area contributed by atoms with Gasteiger partial charge in [-0.25, -0.2) is 13.1 Å². The summed E-state index contributed by atoms with van der Waals surface area (Å²) in [6.07, 6.45) is 3.15. The minimum atomic E-state index is -3.83. The molecular formula is C10H18N2O5S. The van der Waals surface area contributed by atoms with E-state index in [0.29, 0.717) is 0 Å². The standard InChI is InChI=1S/C10H18N2O5S/c13-9(12-6-2-1-3-7-12)4-5-11-18(16,17)8-10(14)15/h11H,1-8H2,(H,14,15). The van der Waals surface area contributed by atoms with Crippen molar-refractivity contribution in [2.45, 2.75) is 25.7 Å². The summed E-state index contributed by atoms with van der Waals surface area (Å²) in [6, 6.07) is 0. The van der Waals surface area contributed by atoms with E-state index in [0.717, 1.165) is 32.4 Å². The molecule has 7 nitrogen and oxygen atoms in total. The molecule has 0 bridgehead atoms. The molecule has 8 heteroatoms. The topological polar surface area (TPSA) is 104 Å². The summed E-state index contributed by atoms with van der Waals surface area (Å²) in [7, 11) is -3.83. The highest BCUT2D eigenvalue weighted by Gasteiger charge is 2.18. The lowest BCUT2D eigenvalue weighted by Crippen LogP contribution is -2.38. The zero-order valence-corrected chi connectivity index (χ0v) is 10.9. The van der Waals surface area contributed by atoms with Crippen LogP contribution in [0.4, 0.5) is 0 Å². The quantitative estimate of drug-likeness (QED) is 0.674. The van der Waals surface area contributed by atoms with Crippen LogP contribution < -0.4 is 4.72 Å². The molecule has 2 N–H and O–H groups in total. The summed E-state index contributed by atoms with van der Waals surface area (Å²) in [5.74, 6) is -2.47. The number of carbonyl (C=O) groups excluding carboxylic acids is 1. The molecule has 1 heterocycles. The van der Waals surface area contributed by atoms with Crippen molar-refractivity contribution in [2.24, 2.45) is 0 Å². The van der Waals surface area contributed by atoms with Crippen LogP contribution in [0.2, 0.25) is 0 Å². The van der Waals surface area contributed by atoms with Crippen LogP contribution in [0.3, 0.4) is 0 Å². The monoisotopic (exact) mass is 278 g/mol. The predicted molar refractivity (Wildman–Crippen MR) is 64.5 cm³/mol. The van der Waals surface area contributed by atoms with Gasteiger partial charge in [0, 0.05) is 26.1 Å². The maximum absolute atomic E-state index is 11.7. The Hall–Kier alpha value is -1.15. The van der Waals surface area contributed by atoms with Crippen molar-refractivity contribution in [1.82, 2.24) is 9.62 Å². The van der Waals surface area contributed by atoms with Gasteiger partial charge in [0.25, 0.3) is 0 Å². The van der Waals surface area contributed by atoms with Gasteiger partial charge in [-0.05, 0) is 19.3 Å². The van der Waals surface area contributed by atoms with Gasteiger partial charge >= 0.3 is 5.97 Å². The van der Waals surface area contributed by atoms with E-state index in [1.807, 2.05) is 0 Å². The molecule has 104 valence electrons. The lowest BCUT2D eigenvalue weighted by Gasteiger charge is -2.26. The molecule has 0 radical (unpaired) electrons. The predicted octanol–water partition coefficient (Wildman–Crippen LogP) is -0.607. The number of carboxylic acid groups (broad SMARTS) is 1. The van der Waals surface area contributed by atoms with Crippen LogP contribution in [0.15, 0.2) is 0 Å². The molecule has 18 heavy (non-hydrogen) atoms. The van der Waals surface area contributed by atoms with E-state index in [1.54, 1.807) is 4.90 Å². The van der Waals surface area contributed by atoms with Gasteiger partial charge in [0.15, 0.2) is 5.75 Å². The van der Waals surface area contributed by atoms with Gasteiger partial charge in [0.1, 0.15) is 0 Å². The maximum Gasteiger partial charge on any atom is 0.320 e. The first-order valence-corrected chi connectivity index (χ1v) is 7.53. The molecule has 1 aliphatic rings. The van der Waals surface area contributed by atoms with E-state index < -0.39 is 21.7 Å². The van der Waals surface area contributed by atoms with Gasteiger partial charge in [0.05, 0.1) is 0 Å². The van der Waals surface area contributed by atoms with Crippen molar-refractivity contribution >= 4 is 21.9 Å². The second-order valence-electron chi connectivity index (χ2n) is 4.24. The highest BCUT2D eigenvalue weighted by Crippen LogP contribution is 2.09. The molecule has 0 atom stereocenters. The Morgan fingerprint density at radius 2 is 1.78 bits per heavy atom. The van der Waals surface area contributed by atoms with Crippen molar-refractivity contribution in [1.29, 1.82) is 0 Å². The molecule has 0 aromatic rings. The van der Waals surface area contributed by atoms with Gasteiger partial charge in [0.2, 0.25) is 15.9 Å². The lowest BCUT2D eigenvalue weighted by atomic mass is 10.1. The lowest BCUT2D eigenvalue weighted by molar-refractivity contribution is -0.134. The summed E-state index contributed by atoms with van der Waals surface area (Å²) in [5.41, 5.74) is 0. The second kappa shape index (κ2) is 6.69. The van der Waals surface area contributed by atoms with Gasteiger partial charge in [-0.3, -0.25) is 9.59 Å². The van der Waals surface area contributed by atoms with Crippen molar-refractivity contribution in [3.8, 4) is 0 Å². The summed E-state index contributed by atoms with van der Waals surface area (Å²) in [6.45, 7) is 1.40. The number of hydrogen-bond donors (Lipinski definition) is 2. The van der Waals surface area contributed by atoms with E-state index in [-0.39, 0.29) is 18.9 Å². The van der Waals surface area contributed by atoms with E-state index in [9.17, 15) is 18.0 Å². The molecule has 0 aromatic heterocycles. The maximum atomic E-state index is 11.7. The van der Waals surface area contributed by atoms with Crippen molar-refractivity contribution in [2.75, 3.05) is 25.4 Å². The summed E-state index contributed by atoms with van der Waals surface area (Å²) in [4.78, 5) is 23.7. The fourth-order valence-corrected chi connectivity index (χ4v) is 2.67. The number of sulfonamides is 1. The minimum Gasteiger partial charge on any atom is -0.480 e. The molecule has 1 fully saturated rings. The third-order valence-electron chi connectivity index (χ3n) is 2.68. The number of carboxylic acids is 1. The Kier molecular flexibility index (Phi) is 5.54. The number of likely N-dealkylation sites (tertiary alicyclic amines) is 1. The number of piperidine rings is 1. The average molecular weight is 278 g/mol. The van der Waals surface area contributed by atoms with Crippen LogP contribution >= 0.6 is 0 Å². The van der Waals surface area contributed by atoms with E-state index in [2.05, 4.69) is 4.72 Å². The number of nitrogens with zero attached hydrogens (tertiary/aromatic N) is 1. The molecule has 0 aromatic carbocycles. The zero-order chi connectivity index (χ0) is 13.6. The normalized spacial score (nSPS) is 16.6. The number of rotatable bonds is 6. The molecule has 0 saturated carbocycles. The number of aliphatic carboxylic acids is 1. The molecule has 1 amide bonds. The Balaban J connectivity index is 2.28. The Morgan fingerprint density at radius 1 is 1.17 bits per heavy atom. The SMILES string of the molecule is O=C(O)CS(=O)(=O)NCCC(=O)N1CCCCC1. The first-order valence-electron chi connectivity index (χ1n) is 5.87. The van der Waals surface area contributed by atoms with Crippen LogP contribution in [0.1, 0.15) is 25.7 Å². The Bertz CT molecular complexity index is 400. The smallest absolute Gasteiger partial charge is 0.320 e. The highest BCUT2D eigenvalue weighted by molar-refractivity contribution is 7.90. The van der Waals surface area contributed by atoms with Crippen LogP contribution in [-0.2, 0) is 19.6 Å². The number of hydrogen-bond acceptors (Lipinski definition) is 4. The molecule has 1 aliphatic heterocycles. The fraction of sp³-hybridized carbons (Fsp3) is 0.800. The minimum absolute atomic E-state index is 0.0506. The second-order valence-corrected chi connectivity index (χ2v) is 6.05. The summed E-state index contributed by atoms with van der Waals surface area (Å²) < 4.78 is 24.5. The number of amides is 1. The number of carbonyl (C=O) groups is 2.